The summed E-state index contributed by atoms with van der Waals surface area (Å²) in [6.45, 7) is 1.71. The van der Waals surface area contributed by atoms with Crippen molar-refractivity contribution in [1.29, 1.82) is 0 Å². The lowest BCUT2D eigenvalue weighted by atomic mass is 9.89. The SMILES string of the molecule is CN(c1ncccn1)[C@@H]1CO[C@@]2(CCCN(S(=O)(=O)C3CC3)C2)C1. The lowest BCUT2D eigenvalue weighted by molar-refractivity contribution is -0.0330. The van der Waals surface area contributed by atoms with Gasteiger partial charge in [-0.3, -0.25) is 0 Å². The highest BCUT2D eigenvalue weighted by atomic mass is 32.2. The predicted octanol–water partition coefficient (Wildman–Crippen LogP) is 1.03. The summed E-state index contributed by atoms with van der Waals surface area (Å²) in [6, 6.07) is 1.97. The molecule has 8 heteroatoms. The van der Waals surface area contributed by atoms with Crippen LogP contribution < -0.4 is 4.90 Å². The number of anilines is 1. The van der Waals surface area contributed by atoms with E-state index in [9.17, 15) is 8.42 Å². The van der Waals surface area contributed by atoms with Crippen LogP contribution in [0.25, 0.3) is 0 Å². The van der Waals surface area contributed by atoms with E-state index in [2.05, 4.69) is 9.97 Å². The zero-order chi connectivity index (χ0) is 16.8. The van der Waals surface area contributed by atoms with Crippen molar-refractivity contribution in [3.63, 3.8) is 0 Å². The monoisotopic (exact) mass is 352 g/mol. The molecule has 3 heterocycles. The minimum Gasteiger partial charge on any atom is -0.371 e. The van der Waals surface area contributed by atoms with Crippen LogP contribution in [0.5, 0.6) is 0 Å². The number of sulfonamides is 1. The van der Waals surface area contributed by atoms with Gasteiger partial charge in [-0.2, -0.15) is 4.31 Å². The lowest BCUT2D eigenvalue weighted by Gasteiger charge is -2.39. The second-order valence-electron chi connectivity index (χ2n) is 7.19. The van der Waals surface area contributed by atoms with Gasteiger partial charge >= 0.3 is 0 Å². The molecule has 1 aromatic rings. The molecular formula is C16H24N4O3S. The third-order valence-corrected chi connectivity index (χ3v) is 7.76. The van der Waals surface area contributed by atoms with Gasteiger partial charge in [-0.1, -0.05) is 0 Å². The Bertz CT molecular complexity index is 695. The van der Waals surface area contributed by atoms with Crippen molar-refractivity contribution in [3.8, 4) is 0 Å². The van der Waals surface area contributed by atoms with Crippen LogP contribution in [0, 0.1) is 0 Å². The molecule has 2 aliphatic heterocycles. The van der Waals surface area contributed by atoms with E-state index in [0.29, 0.717) is 25.6 Å². The average molecular weight is 352 g/mol. The van der Waals surface area contributed by atoms with E-state index in [1.807, 2.05) is 11.9 Å². The Morgan fingerprint density at radius 2 is 2.08 bits per heavy atom. The van der Waals surface area contributed by atoms with Crippen LogP contribution in [-0.4, -0.2) is 66.3 Å². The fourth-order valence-electron chi connectivity index (χ4n) is 3.84. The molecule has 0 amide bonds. The van der Waals surface area contributed by atoms with E-state index in [1.165, 1.54) is 0 Å². The topological polar surface area (TPSA) is 75.6 Å². The van der Waals surface area contributed by atoms with Gasteiger partial charge in [0.15, 0.2) is 0 Å². The van der Waals surface area contributed by atoms with E-state index < -0.39 is 10.0 Å². The average Bonchev–Trinajstić information content (AvgIpc) is 3.39. The minimum atomic E-state index is -3.13. The van der Waals surface area contributed by atoms with Crippen molar-refractivity contribution in [2.24, 2.45) is 0 Å². The molecule has 4 rings (SSSR count). The minimum absolute atomic E-state index is 0.148. The summed E-state index contributed by atoms with van der Waals surface area (Å²) in [6.07, 6.45) is 7.68. The normalized spacial score (nSPS) is 31.5. The molecule has 0 unspecified atom stereocenters. The van der Waals surface area contributed by atoms with Crippen molar-refractivity contribution >= 4 is 16.0 Å². The van der Waals surface area contributed by atoms with Gasteiger partial charge in [0, 0.05) is 39.0 Å². The Kier molecular flexibility index (Phi) is 4.01. The van der Waals surface area contributed by atoms with Gasteiger partial charge in [0.25, 0.3) is 0 Å². The second-order valence-corrected chi connectivity index (χ2v) is 9.41. The van der Waals surface area contributed by atoms with Gasteiger partial charge < -0.3 is 9.64 Å². The Labute approximate surface area is 143 Å². The number of ether oxygens (including phenoxy) is 1. The third-order valence-electron chi connectivity index (χ3n) is 5.41. The number of nitrogens with zero attached hydrogens (tertiary/aromatic N) is 4. The van der Waals surface area contributed by atoms with Crippen LogP contribution in [-0.2, 0) is 14.8 Å². The van der Waals surface area contributed by atoms with Crippen LogP contribution in [0.1, 0.15) is 32.1 Å². The van der Waals surface area contributed by atoms with Gasteiger partial charge in [-0.25, -0.2) is 18.4 Å². The third kappa shape index (κ3) is 2.91. The van der Waals surface area contributed by atoms with E-state index in [0.717, 1.165) is 32.1 Å². The fraction of sp³-hybridized carbons (Fsp3) is 0.750. The van der Waals surface area contributed by atoms with E-state index >= 15 is 0 Å². The summed E-state index contributed by atoms with van der Waals surface area (Å²) in [4.78, 5) is 10.6. The Morgan fingerprint density at radius 3 is 2.79 bits per heavy atom. The van der Waals surface area contributed by atoms with Crippen LogP contribution in [0.2, 0.25) is 0 Å². The summed E-state index contributed by atoms with van der Waals surface area (Å²) >= 11 is 0. The molecule has 3 aliphatic rings. The first kappa shape index (κ1) is 16.2. The molecule has 0 radical (unpaired) electrons. The molecule has 2 saturated heterocycles. The van der Waals surface area contributed by atoms with Crippen molar-refractivity contribution in [2.45, 2.75) is 49.0 Å². The van der Waals surface area contributed by atoms with Crippen molar-refractivity contribution in [3.05, 3.63) is 18.5 Å². The molecule has 1 aliphatic carbocycles. The first-order valence-corrected chi connectivity index (χ1v) is 10.1. The molecule has 3 fully saturated rings. The van der Waals surface area contributed by atoms with E-state index in [-0.39, 0.29) is 16.9 Å². The summed E-state index contributed by atoms with van der Waals surface area (Å²) in [5.41, 5.74) is -0.353. The van der Waals surface area contributed by atoms with Crippen molar-refractivity contribution in [1.82, 2.24) is 14.3 Å². The molecule has 1 aromatic heterocycles. The van der Waals surface area contributed by atoms with Crippen molar-refractivity contribution < 1.29 is 13.2 Å². The zero-order valence-corrected chi connectivity index (χ0v) is 14.8. The summed E-state index contributed by atoms with van der Waals surface area (Å²) in [5, 5.41) is -0.148. The van der Waals surface area contributed by atoms with Crippen LogP contribution in [0.15, 0.2) is 18.5 Å². The summed E-state index contributed by atoms with van der Waals surface area (Å²) in [7, 11) is -1.15. The van der Waals surface area contributed by atoms with Crippen LogP contribution >= 0.6 is 0 Å². The molecule has 1 saturated carbocycles. The molecule has 0 N–H and O–H groups in total. The quantitative estimate of drug-likeness (QED) is 0.806. The fourth-order valence-corrected chi connectivity index (χ4v) is 5.79. The first-order valence-electron chi connectivity index (χ1n) is 8.63. The van der Waals surface area contributed by atoms with E-state index in [4.69, 9.17) is 4.74 Å². The number of hydrogen-bond donors (Lipinski definition) is 0. The van der Waals surface area contributed by atoms with Crippen molar-refractivity contribution in [2.75, 3.05) is 31.6 Å². The number of rotatable bonds is 4. The number of aromatic nitrogens is 2. The number of piperidine rings is 1. The van der Waals surface area contributed by atoms with Gasteiger partial charge in [-0.15, -0.1) is 0 Å². The second kappa shape index (κ2) is 5.93. The summed E-state index contributed by atoms with van der Waals surface area (Å²) < 4.78 is 33.0. The van der Waals surface area contributed by atoms with Crippen LogP contribution in [0.3, 0.4) is 0 Å². The maximum Gasteiger partial charge on any atom is 0.225 e. The Balaban J connectivity index is 1.47. The maximum absolute atomic E-state index is 12.6. The zero-order valence-electron chi connectivity index (χ0n) is 14.0. The van der Waals surface area contributed by atoms with Gasteiger partial charge in [0.2, 0.25) is 16.0 Å². The number of likely N-dealkylation sites (N-methyl/N-ethyl adjacent to an activating group) is 1. The molecule has 2 atom stereocenters. The molecule has 7 nitrogen and oxygen atoms in total. The highest BCUT2D eigenvalue weighted by Crippen LogP contribution is 2.40. The van der Waals surface area contributed by atoms with Gasteiger partial charge in [0.05, 0.1) is 23.5 Å². The molecule has 132 valence electrons. The van der Waals surface area contributed by atoms with Gasteiger partial charge in [0.1, 0.15) is 0 Å². The molecule has 24 heavy (non-hydrogen) atoms. The Morgan fingerprint density at radius 1 is 1.33 bits per heavy atom. The van der Waals surface area contributed by atoms with E-state index in [1.54, 1.807) is 22.8 Å². The Hall–Kier alpha value is -1.25. The summed E-state index contributed by atoms with van der Waals surface area (Å²) in [5.74, 6) is 0.682. The first-order chi connectivity index (χ1) is 11.5. The molecular weight excluding hydrogens is 328 g/mol. The largest absolute Gasteiger partial charge is 0.371 e. The number of hydrogen-bond acceptors (Lipinski definition) is 6. The molecule has 0 aromatic carbocycles. The van der Waals surface area contributed by atoms with Gasteiger partial charge in [-0.05, 0) is 31.7 Å². The highest BCUT2D eigenvalue weighted by molar-refractivity contribution is 7.90. The highest BCUT2D eigenvalue weighted by Gasteiger charge is 2.49. The molecule has 1 spiro atoms. The predicted molar refractivity (Wildman–Crippen MR) is 90.3 cm³/mol. The maximum atomic E-state index is 12.6. The molecule has 0 bridgehead atoms. The standard InChI is InChI=1S/C16H24N4O3S/c1-19(15-17-7-3-8-18-15)13-10-16(23-11-13)6-2-9-20(12-16)24(21,22)14-4-5-14/h3,7-8,13-14H,2,4-6,9-12H2,1H3/t13-,16-/m0/s1. The van der Waals surface area contributed by atoms with Crippen LogP contribution in [0.4, 0.5) is 5.95 Å². The lowest BCUT2D eigenvalue weighted by Crippen LogP contribution is -2.51. The smallest absolute Gasteiger partial charge is 0.225 e.